The molecule has 0 aliphatic carbocycles. The maximum absolute atomic E-state index is 12.7. The Hall–Kier alpha value is -3.54. The lowest BCUT2D eigenvalue weighted by Crippen LogP contribution is -2.48. The van der Waals surface area contributed by atoms with Crippen molar-refractivity contribution in [1.29, 1.82) is 0 Å². The Morgan fingerprint density at radius 2 is 0.976 bits per heavy atom. The first-order chi connectivity index (χ1) is 20.7. The summed E-state index contributed by atoms with van der Waals surface area (Å²) in [4.78, 5) is 12.7. The summed E-state index contributed by atoms with van der Waals surface area (Å²) in [5, 5.41) is 2.91. The van der Waals surface area contributed by atoms with E-state index < -0.39 is 18.3 Å². The molecule has 4 aromatic carbocycles. The van der Waals surface area contributed by atoms with Crippen molar-refractivity contribution in [2.45, 2.75) is 51.2 Å². The van der Waals surface area contributed by atoms with Gasteiger partial charge in [-0.2, -0.15) is 0 Å². The van der Waals surface area contributed by atoms with Crippen LogP contribution in [0.1, 0.15) is 28.7 Å². The molecule has 6 nitrogen and oxygen atoms in total. The van der Waals surface area contributed by atoms with Gasteiger partial charge in [0.05, 0.1) is 25.9 Å². The predicted molar refractivity (Wildman–Crippen MR) is 169 cm³/mol. The van der Waals surface area contributed by atoms with Crippen molar-refractivity contribution in [3.05, 3.63) is 144 Å². The van der Waals surface area contributed by atoms with Crippen LogP contribution in [0.2, 0.25) is 0 Å². The summed E-state index contributed by atoms with van der Waals surface area (Å²) in [6, 6.07) is 39.7. The van der Waals surface area contributed by atoms with Crippen molar-refractivity contribution < 1.29 is 23.7 Å². The SMILES string of the molecule is O=C(NC[C@@H](OCc1ccccc1)[C@@H](OCc1ccccc1)[C@@H](CCP)OCc1ccccc1)OCc1ccccc1. The Kier molecular flexibility index (Phi) is 13.5. The topological polar surface area (TPSA) is 66.0 Å². The number of amides is 1. The fourth-order valence-electron chi connectivity index (χ4n) is 4.51. The molecule has 0 saturated carbocycles. The van der Waals surface area contributed by atoms with Crippen LogP contribution in [-0.2, 0) is 45.4 Å². The summed E-state index contributed by atoms with van der Waals surface area (Å²) >= 11 is 0. The van der Waals surface area contributed by atoms with Crippen molar-refractivity contribution in [3.63, 3.8) is 0 Å². The molecule has 4 atom stereocenters. The Labute approximate surface area is 251 Å². The van der Waals surface area contributed by atoms with Crippen LogP contribution < -0.4 is 5.32 Å². The monoisotopic (exact) mass is 585 g/mol. The number of hydrogen-bond donors (Lipinski definition) is 1. The van der Waals surface area contributed by atoms with Crippen molar-refractivity contribution in [1.82, 2.24) is 5.32 Å². The minimum atomic E-state index is -0.512. The average Bonchev–Trinajstić information content (AvgIpc) is 3.05. The lowest BCUT2D eigenvalue weighted by Gasteiger charge is -2.34. The molecule has 0 heterocycles. The van der Waals surface area contributed by atoms with Gasteiger partial charge in [-0.1, -0.05) is 121 Å². The van der Waals surface area contributed by atoms with Gasteiger partial charge in [0.1, 0.15) is 18.8 Å². The lowest BCUT2D eigenvalue weighted by molar-refractivity contribution is -0.150. The van der Waals surface area contributed by atoms with Gasteiger partial charge >= 0.3 is 6.09 Å². The third kappa shape index (κ3) is 11.0. The molecule has 1 unspecified atom stereocenters. The van der Waals surface area contributed by atoms with Crippen molar-refractivity contribution in [2.75, 3.05) is 12.7 Å². The van der Waals surface area contributed by atoms with Gasteiger partial charge in [-0.05, 0) is 34.8 Å². The summed E-state index contributed by atoms with van der Waals surface area (Å²) in [6.07, 6.45) is -0.206. The van der Waals surface area contributed by atoms with E-state index >= 15 is 0 Å². The molecule has 1 N–H and O–H groups in total. The lowest BCUT2D eigenvalue weighted by atomic mass is 10.0. The van der Waals surface area contributed by atoms with E-state index in [9.17, 15) is 4.79 Å². The molecule has 42 heavy (non-hydrogen) atoms. The second-order valence-corrected chi connectivity index (χ2v) is 10.5. The highest BCUT2D eigenvalue weighted by Gasteiger charge is 2.32. The Balaban J connectivity index is 1.51. The Bertz CT molecular complexity index is 1280. The van der Waals surface area contributed by atoms with E-state index in [-0.39, 0.29) is 19.3 Å². The van der Waals surface area contributed by atoms with Gasteiger partial charge in [0, 0.05) is 6.54 Å². The van der Waals surface area contributed by atoms with Crippen LogP contribution in [0.4, 0.5) is 4.79 Å². The second kappa shape index (κ2) is 18.1. The van der Waals surface area contributed by atoms with Crippen molar-refractivity contribution >= 4 is 15.3 Å². The van der Waals surface area contributed by atoms with Crippen LogP contribution in [0.15, 0.2) is 121 Å². The van der Waals surface area contributed by atoms with Gasteiger partial charge < -0.3 is 24.3 Å². The molecule has 220 valence electrons. The zero-order valence-electron chi connectivity index (χ0n) is 23.8. The van der Waals surface area contributed by atoms with Crippen LogP contribution in [0.25, 0.3) is 0 Å². The number of hydrogen-bond acceptors (Lipinski definition) is 5. The maximum atomic E-state index is 12.7. The van der Waals surface area contributed by atoms with E-state index in [0.717, 1.165) is 34.8 Å². The van der Waals surface area contributed by atoms with Crippen molar-refractivity contribution in [2.24, 2.45) is 0 Å². The first-order valence-electron chi connectivity index (χ1n) is 14.3. The first-order valence-corrected chi connectivity index (χ1v) is 15.1. The largest absolute Gasteiger partial charge is 0.445 e. The predicted octanol–water partition coefficient (Wildman–Crippen LogP) is 6.93. The molecular weight excluding hydrogens is 545 g/mol. The van der Waals surface area contributed by atoms with E-state index in [1.165, 1.54) is 0 Å². The molecule has 0 spiro atoms. The molecule has 0 fully saturated rings. The van der Waals surface area contributed by atoms with Crippen LogP contribution >= 0.6 is 9.24 Å². The number of carbonyl (C=O) groups excluding carboxylic acids is 1. The molecule has 0 radical (unpaired) electrons. The highest BCUT2D eigenvalue weighted by Crippen LogP contribution is 2.21. The molecule has 4 rings (SSSR count). The molecule has 0 aliphatic heterocycles. The molecule has 7 heteroatoms. The van der Waals surface area contributed by atoms with E-state index in [2.05, 4.69) is 14.6 Å². The molecule has 4 aromatic rings. The van der Waals surface area contributed by atoms with Gasteiger partial charge in [0.15, 0.2) is 0 Å². The second-order valence-electron chi connectivity index (χ2n) is 9.95. The van der Waals surface area contributed by atoms with Gasteiger partial charge in [0.25, 0.3) is 0 Å². The van der Waals surface area contributed by atoms with Crippen molar-refractivity contribution in [3.8, 4) is 0 Å². The zero-order valence-corrected chi connectivity index (χ0v) is 25.0. The molecular formula is C35H40NO5P. The van der Waals surface area contributed by atoms with Gasteiger partial charge in [-0.25, -0.2) is 4.79 Å². The number of rotatable bonds is 17. The highest BCUT2D eigenvalue weighted by molar-refractivity contribution is 7.16. The maximum Gasteiger partial charge on any atom is 0.407 e. The van der Waals surface area contributed by atoms with E-state index in [4.69, 9.17) is 18.9 Å². The van der Waals surface area contributed by atoms with E-state index in [1.807, 2.05) is 121 Å². The van der Waals surface area contributed by atoms with Gasteiger partial charge in [0.2, 0.25) is 0 Å². The number of nitrogens with one attached hydrogen (secondary N) is 1. The third-order valence-electron chi connectivity index (χ3n) is 6.74. The smallest absolute Gasteiger partial charge is 0.407 e. The fraction of sp³-hybridized carbons (Fsp3) is 0.286. The van der Waals surface area contributed by atoms with Gasteiger partial charge in [-0.15, -0.1) is 9.24 Å². The van der Waals surface area contributed by atoms with Crippen LogP contribution in [0.5, 0.6) is 0 Å². The third-order valence-corrected chi connectivity index (χ3v) is 7.08. The number of carbonyl (C=O) groups is 1. The van der Waals surface area contributed by atoms with Gasteiger partial charge in [-0.3, -0.25) is 0 Å². The van der Waals surface area contributed by atoms with Crippen LogP contribution in [0, 0.1) is 0 Å². The molecule has 0 aliphatic rings. The summed E-state index contributed by atoms with van der Waals surface area (Å²) in [5.41, 5.74) is 4.08. The minimum absolute atomic E-state index is 0.187. The molecule has 0 saturated heterocycles. The number of ether oxygens (including phenoxy) is 4. The number of benzene rings is 4. The normalized spacial score (nSPS) is 13.2. The fourth-order valence-corrected chi connectivity index (χ4v) is 4.84. The first kappa shape index (κ1) is 31.4. The average molecular weight is 586 g/mol. The Morgan fingerprint density at radius 1 is 0.571 bits per heavy atom. The summed E-state index contributed by atoms with van der Waals surface area (Å²) in [7, 11) is 2.79. The van der Waals surface area contributed by atoms with Crippen LogP contribution in [0.3, 0.4) is 0 Å². The molecule has 1 amide bonds. The molecule has 0 aromatic heterocycles. The summed E-state index contributed by atoms with van der Waals surface area (Å²) in [6.45, 7) is 1.58. The summed E-state index contributed by atoms with van der Waals surface area (Å²) < 4.78 is 25.1. The Morgan fingerprint density at radius 3 is 1.43 bits per heavy atom. The quantitative estimate of drug-likeness (QED) is 0.136. The van der Waals surface area contributed by atoms with E-state index in [1.54, 1.807) is 0 Å². The highest BCUT2D eigenvalue weighted by atomic mass is 31.0. The zero-order chi connectivity index (χ0) is 29.2. The number of alkyl carbamates (subject to hydrolysis) is 1. The molecule has 0 bridgehead atoms. The van der Waals surface area contributed by atoms with E-state index in [0.29, 0.717) is 19.8 Å². The minimum Gasteiger partial charge on any atom is -0.445 e. The van der Waals surface area contributed by atoms with Crippen LogP contribution in [-0.4, -0.2) is 37.1 Å². The standard InChI is InChI=1S/C35H40NO5P/c37-35(41-27-31-19-11-4-12-20-31)36-23-33(39-25-29-15-7-2-8-16-29)34(40-26-30-17-9-3-10-18-30)32(21-22-42)38-24-28-13-5-1-6-14-28/h1-20,32-34H,21-27,42H2,(H,36,37)/t32-,33-,34+/m1/s1. The summed E-state index contributed by atoms with van der Waals surface area (Å²) in [5.74, 6) is 0.